The van der Waals surface area contributed by atoms with E-state index < -0.39 is 30.6 Å². The van der Waals surface area contributed by atoms with E-state index in [9.17, 15) is 25.1 Å². The Kier molecular flexibility index (Phi) is 18.0. The van der Waals surface area contributed by atoms with Gasteiger partial charge in [-0.1, -0.05) is 47.1 Å². The Morgan fingerprint density at radius 1 is 0.823 bits per heavy atom. The SMILES string of the molecule is CCOC(=O)C(CO)NCc1cn(CCCOc2cccc(-c3cccc(COc4cc(OCc5cncc(C#N)c5)c(CNC(CO)C(=O)OCC)cc4Cl)c3C)c2C)nn1. The van der Waals surface area contributed by atoms with E-state index in [2.05, 4.69) is 44.1 Å². The molecule has 16 nitrogen and oxygen atoms in total. The van der Waals surface area contributed by atoms with Gasteiger partial charge in [-0.3, -0.25) is 29.9 Å². The van der Waals surface area contributed by atoms with Gasteiger partial charge in [0.25, 0.3) is 0 Å². The number of carbonyl (C=O) groups is 2. The van der Waals surface area contributed by atoms with Gasteiger partial charge in [-0.15, -0.1) is 5.10 Å². The standard InChI is InChI=1S/C45H52ClN7O9/c1-5-58-44(56)39(25-54)49-22-34-17-38(46)43(18-42(34)61-27-32-16-31(19-47)20-48-21-32)62-28-33-10-7-11-36(29(33)3)37-12-8-13-41(30(37)4)60-15-9-14-53-24-35(51-52-53)23-50-40(26-55)45(57)59-6-2/h7-8,10-13,16-18,20-21,24,39-40,49-50,54-55H,5-6,9,14-15,22-23,25-28H2,1-4H3. The Morgan fingerprint density at radius 3 is 2.19 bits per heavy atom. The molecule has 2 heterocycles. The minimum atomic E-state index is -0.955. The van der Waals surface area contributed by atoms with Crippen LogP contribution in [0.2, 0.25) is 5.02 Å². The van der Waals surface area contributed by atoms with Crippen molar-refractivity contribution in [3.05, 3.63) is 117 Å². The maximum Gasteiger partial charge on any atom is 0.325 e. The van der Waals surface area contributed by atoms with Crippen LogP contribution in [0.5, 0.6) is 17.2 Å². The number of halogens is 1. The zero-order valence-electron chi connectivity index (χ0n) is 35.2. The number of aromatic nitrogens is 4. The summed E-state index contributed by atoms with van der Waals surface area (Å²) in [5.74, 6) is 0.454. The Balaban J connectivity index is 1.24. The number of carbonyl (C=O) groups excluding carboxylic acids is 2. The van der Waals surface area contributed by atoms with Crippen LogP contribution in [0, 0.1) is 25.2 Å². The van der Waals surface area contributed by atoms with Crippen molar-refractivity contribution in [2.24, 2.45) is 0 Å². The van der Waals surface area contributed by atoms with Crippen LogP contribution in [0.1, 0.15) is 59.3 Å². The van der Waals surface area contributed by atoms with Crippen molar-refractivity contribution in [3.63, 3.8) is 0 Å². The molecule has 0 aliphatic rings. The quantitative estimate of drug-likeness (QED) is 0.0467. The number of ether oxygens (including phenoxy) is 5. The summed E-state index contributed by atoms with van der Waals surface area (Å²) in [5.41, 5.74) is 7.29. The summed E-state index contributed by atoms with van der Waals surface area (Å²) in [6.45, 7) is 8.69. The van der Waals surface area contributed by atoms with Crippen LogP contribution in [0.15, 0.2) is 73.2 Å². The molecule has 0 fully saturated rings. The molecule has 62 heavy (non-hydrogen) atoms. The van der Waals surface area contributed by atoms with E-state index in [4.69, 9.17) is 35.3 Å². The van der Waals surface area contributed by atoms with E-state index in [-0.39, 0.29) is 46.1 Å². The highest BCUT2D eigenvalue weighted by molar-refractivity contribution is 6.32. The molecule has 5 rings (SSSR count). The fraction of sp³-hybridized carbons (Fsp3) is 0.378. The fourth-order valence-electron chi connectivity index (χ4n) is 6.43. The number of aryl methyl sites for hydroxylation is 1. The Labute approximate surface area is 365 Å². The molecule has 0 saturated carbocycles. The van der Waals surface area contributed by atoms with Gasteiger partial charge < -0.3 is 33.9 Å². The summed E-state index contributed by atoms with van der Waals surface area (Å²) in [6.07, 6.45) is 5.53. The van der Waals surface area contributed by atoms with Crippen molar-refractivity contribution in [2.75, 3.05) is 33.0 Å². The number of nitrogens with zero attached hydrogens (tertiary/aromatic N) is 5. The fourth-order valence-corrected chi connectivity index (χ4v) is 6.67. The molecule has 0 aliphatic carbocycles. The number of aliphatic hydroxyl groups excluding tert-OH is 2. The lowest BCUT2D eigenvalue weighted by molar-refractivity contribution is -0.147. The van der Waals surface area contributed by atoms with Crippen molar-refractivity contribution < 1.29 is 43.5 Å². The summed E-state index contributed by atoms with van der Waals surface area (Å²) < 4.78 is 30.5. The lowest BCUT2D eigenvalue weighted by atomic mass is 9.93. The number of pyridine rings is 1. The van der Waals surface area contributed by atoms with Crippen molar-refractivity contribution in [1.29, 1.82) is 5.26 Å². The number of aliphatic hydroxyl groups is 2. The third kappa shape index (κ3) is 13.0. The summed E-state index contributed by atoms with van der Waals surface area (Å²) in [4.78, 5) is 28.4. The van der Waals surface area contributed by atoms with Crippen molar-refractivity contribution in [1.82, 2.24) is 30.6 Å². The molecule has 3 aromatic carbocycles. The number of hydrogen-bond donors (Lipinski definition) is 4. The lowest BCUT2D eigenvalue weighted by Crippen LogP contribution is -2.40. The van der Waals surface area contributed by atoms with Crippen LogP contribution in [-0.4, -0.2) is 87.2 Å². The lowest BCUT2D eigenvalue weighted by Gasteiger charge is -2.19. The predicted molar refractivity (Wildman–Crippen MR) is 229 cm³/mol. The minimum absolute atomic E-state index is 0.0930. The first-order valence-corrected chi connectivity index (χ1v) is 20.6. The molecular formula is C45H52ClN7O9. The zero-order chi connectivity index (χ0) is 44.4. The Morgan fingerprint density at radius 2 is 1.50 bits per heavy atom. The Bertz CT molecular complexity index is 2320. The highest BCUT2D eigenvalue weighted by Gasteiger charge is 2.21. The summed E-state index contributed by atoms with van der Waals surface area (Å²) in [5, 5.41) is 43.2. The number of nitrogens with one attached hydrogen (secondary N) is 2. The molecule has 5 aromatic rings. The molecule has 328 valence electrons. The van der Waals surface area contributed by atoms with E-state index in [1.54, 1.807) is 49.1 Å². The highest BCUT2D eigenvalue weighted by Crippen LogP contribution is 2.36. The second-order valence-electron chi connectivity index (χ2n) is 14.1. The Hall–Kier alpha value is -6.09. The molecular weight excluding hydrogens is 818 g/mol. The van der Waals surface area contributed by atoms with E-state index in [1.807, 2.05) is 38.1 Å². The third-order valence-corrected chi connectivity index (χ3v) is 10.1. The maximum atomic E-state index is 12.3. The third-order valence-electron chi connectivity index (χ3n) is 9.79. The number of nitriles is 1. The van der Waals surface area contributed by atoms with Crippen LogP contribution in [0.3, 0.4) is 0 Å². The van der Waals surface area contributed by atoms with Crippen LogP contribution in [-0.2, 0) is 51.9 Å². The normalized spacial score (nSPS) is 12.0. The molecule has 0 saturated heterocycles. The average Bonchev–Trinajstić information content (AvgIpc) is 3.73. The second-order valence-corrected chi connectivity index (χ2v) is 14.5. The average molecular weight is 870 g/mol. The van der Waals surface area contributed by atoms with Gasteiger partial charge in [0.2, 0.25) is 0 Å². The molecule has 0 aliphatic heterocycles. The minimum Gasteiger partial charge on any atom is -0.493 e. The van der Waals surface area contributed by atoms with E-state index in [0.29, 0.717) is 58.5 Å². The molecule has 2 aromatic heterocycles. The summed E-state index contributed by atoms with van der Waals surface area (Å²) in [7, 11) is 0. The van der Waals surface area contributed by atoms with Gasteiger partial charge in [0.05, 0.1) is 49.3 Å². The van der Waals surface area contributed by atoms with Crippen LogP contribution in [0.25, 0.3) is 11.1 Å². The number of benzene rings is 3. The number of rotatable bonds is 24. The number of esters is 2. The van der Waals surface area contributed by atoms with Crippen LogP contribution in [0.4, 0.5) is 0 Å². The molecule has 0 amide bonds. The first kappa shape index (κ1) is 47.0. The zero-order valence-corrected chi connectivity index (χ0v) is 36.0. The maximum absolute atomic E-state index is 12.3. The van der Waals surface area contributed by atoms with Crippen LogP contribution < -0.4 is 24.8 Å². The molecule has 0 radical (unpaired) electrons. The van der Waals surface area contributed by atoms with Gasteiger partial charge in [0.15, 0.2) is 0 Å². The molecule has 0 spiro atoms. The monoisotopic (exact) mass is 869 g/mol. The molecule has 2 atom stereocenters. The molecule has 0 bridgehead atoms. The second kappa shape index (κ2) is 23.8. The largest absolute Gasteiger partial charge is 0.493 e. The summed E-state index contributed by atoms with van der Waals surface area (Å²) >= 11 is 6.78. The highest BCUT2D eigenvalue weighted by atomic mass is 35.5. The van der Waals surface area contributed by atoms with Gasteiger partial charge in [-0.25, -0.2) is 0 Å². The van der Waals surface area contributed by atoms with E-state index in [0.717, 1.165) is 33.6 Å². The van der Waals surface area contributed by atoms with Gasteiger partial charge in [-0.2, -0.15) is 5.26 Å². The van der Waals surface area contributed by atoms with Gasteiger partial charge in [-0.05, 0) is 73.7 Å². The first-order chi connectivity index (χ1) is 30.1. The topological polar surface area (TPSA) is 212 Å². The summed E-state index contributed by atoms with van der Waals surface area (Å²) in [6, 6.07) is 17.3. The van der Waals surface area contributed by atoms with E-state index in [1.165, 1.54) is 6.20 Å². The van der Waals surface area contributed by atoms with Crippen molar-refractivity contribution >= 4 is 23.5 Å². The number of hydrogen-bond acceptors (Lipinski definition) is 15. The first-order valence-electron chi connectivity index (χ1n) is 20.2. The molecule has 17 heteroatoms. The van der Waals surface area contributed by atoms with Gasteiger partial charge in [0, 0.05) is 61.8 Å². The van der Waals surface area contributed by atoms with Crippen LogP contribution >= 0.6 is 11.6 Å². The predicted octanol–water partition coefficient (Wildman–Crippen LogP) is 5.14. The van der Waals surface area contributed by atoms with Gasteiger partial charge in [0.1, 0.15) is 48.6 Å². The van der Waals surface area contributed by atoms with E-state index >= 15 is 0 Å². The smallest absolute Gasteiger partial charge is 0.325 e. The molecule has 4 N–H and O–H groups in total. The van der Waals surface area contributed by atoms with Crippen molar-refractivity contribution in [2.45, 2.75) is 79.0 Å². The van der Waals surface area contributed by atoms with Gasteiger partial charge >= 0.3 is 11.9 Å². The van der Waals surface area contributed by atoms with Crippen molar-refractivity contribution in [3.8, 4) is 34.4 Å². The molecule has 2 unspecified atom stereocenters.